The number of rotatable bonds is 9. The van der Waals surface area contributed by atoms with Gasteiger partial charge in [-0.15, -0.1) is 23.5 Å². The van der Waals surface area contributed by atoms with Crippen molar-refractivity contribution in [3.63, 3.8) is 0 Å². The maximum Gasteiger partial charge on any atom is 0.120 e. The van der Waals surface area contributed by atoms with Crippen LogP contribution in [0.25, 0.3) is 0 Å². The van der Waals surface area contributed by atoms with E-state index >= 15 is 0 Å². The Bertz CT molecular complexity index is 521. The molecule has 0 aliphatic heterocycles. The molecule has 0 unspecified atom stereocenters. The lowest BCUT2D eigenvalue weighted by molar-refractivity contribution is 0.339. The van der Waals surface area contributed by atoms with Gasteiger partial charge in [0.05, 0.1) is 13.2 Å². The van der Waals surface area contributed by atoms with E-state index in [1.807, 2.05) is 61.6 Å². The zero-order valence-electron chi connectivity index (χ0n) is 13.1. The molecule has 2 nitrogen and oxygen atoms in total. The SMILES string of the molecule is CCOc1cccc(SCCSc2cccc(OCC)c2)c1. The van der Waals surface area contributed by atoms with Crippen LogP contribution in [0.15, 0.2) is 58.3 Å². The molecule has 0 amide bonds. The molecule has 2 aromatic rings. The minimum atomic E-state index is 0.708. The zero-order chi connectivity index (χ0) is 15.6. The largest absolute Gasteiger partial charge is 0.494 e. The first-order valence-electron chi connectivity index (χ1n) is 7.53. The second kappa shape index (κ2) is 9.70. The predicted molar refractivity (Wildman–Crippen MR) is 96.7 cm³/mol. The van der Waals surface area contributed by atoms with E-state index in [4.69, 9.17) is 9.47 Å². The monoisotopic (exact) mass is 334 g/mol. The first kappa shape index (κ1) is 17.1. The van der Waals surface area contributed by atoms with Crippen molar-refractivity contribution in [2.75, 3.05) is 24.7 Å². The fourth-order valence-corrected chi connectivity index (χ4v) is 3.85. The molecule has 0 atom stereocenters. The molecule has 0 N–H and O–H groups in total. The molecule has 0 radical (unpaired) electrons. The lowest BCUT2D eigenvalue weighted by atomic mass is 10.3. The summed E-state index contributed by atoms with van der Waals surface area (Å²) in [5.41, 5.74) is 0. The van der Waals surface area contributed by atoms with Crippen LogP contribution in [-0.2, 0) is 0 Å². The van der Waals surface area contributed by atoms with Crippen molar-refractivity contribution in [2.24, 2.45) is 0 Å². The van der Waals surface area contributed by atoms with Crippen LogP contribution in [-0.4, -0.2) is 24.7 Å². The molecule has 0 bridgehead atoms. The minimum Gasteiger partial charge on any atom is -0.494 e. The molecule has 0 aromatic heterocycles. The Labute approximate surface area is 141 Å². The predicted octanol–water partition coefficient (Wildman–Crippen LogP) is 5.37. The fraction of sp³-hybridized carbons (Fsp3) is 0.333. The Balaban J connectivity index is 1.77. The Kier molecular flexibility index (Phi) is 7.54. The summed E-state index contributed by atoms with van der Waals surface area (Å²) in [4.78, 5) is 2.52. The van der Waals surface area contributed by atoms with Gasteiger partial charge in [-0.25, -0.2) is 0 Å². The maximum absolute atomic E-state index is 5.53. The number of thioether (sulfide) groups is 2. The van der Waals surface area contributed by atoms with Crippen LogP contribution < -0.4 is 9.47 Å². The summed E-state index contributed by atoms with van der Waals surface area (Å²) in [6.45, 7) is 5.43. The van der Waals surface area contributed by atoms with Gasteiger partial charge in [0.25, 0.3) is 0 Å². The van der Waals surface area contributed by atoms with Crippen LogP contribution in [0.1, 0.15) is 13.8 Å². The molecule has 0 saturated heterocycles. The Morgan fingerprint density at radius 3 is 1.59 bits per heavy atom. The van der Waals surface area contributed by atoms with E-state index in [0.29, 0.717) is 13.2 Å². The summed E-state index contributed by atoms with van der Waals surface area (Å²) < 4.78 is 11.1. The van der Waals surface area contributed by atoms with E-state index in [1.54, 1.807) is 0 Å². The molecule has 0 aliphatic carbocycles. The molecule has 0 spiro atoms. The van der Waals surface area contributed by atoms with Gasteiger partial charge in [-0.1, -0.05) is 12.1 Å². The summed E-state index contributed by atoms with van der Waals surface area (Å²) in [7, 11) is 0. The van der Waals surface area contributed by atoms with Gasteiger partial charge in [0.1, 0.15) is 11.5 Å². The van der Waals surface area contributed by atoms with E-state index in [2.05, 4.69) is 24.3 Å². The van der Waals surface area contributed by atoms with Crippen LogP contribution >= 0.6 is 23.5 Å². The summed E-state index contributed by atoms with van der Waals surface area (Å²) in [5, 5.41) is 0. The van der Waals surface area contributed by atoms with Gasteiger partial charge in [-0.2, -0.15) is 0 Å². The third-order valence-electron chi connectivity index (χ3n) is 2.85. The van der Waals surface area contributed by atoms with Crippen LogP contribution in [0.2, 0.25) is 0 Å². The van der Waals surface area contributed by atoms with Gasteiger partial charge in [0, 0.05) is 21.3 Å². The van der Waals surface area contributed by atoms with Gasteiger partial charge < -0.3 is 9.47 Å². The van der Waals surface area contributed by atoms with Gasteiger partial charge in [-0.3, -0.25) is 0 Å². The standard InChI is InChI=1S/C18H22O2S2/c1-3-19-15-7-5-9-17(13-15)21-11-12-22-18-10-6-8-16(14-18)20-4-2/h5-10,13-14H,3-4,11-12H2,1-2H3. The number of hydrogen-bond acceptors (Lipinski definition) is 4. The summed E-state index contributed by atoms with van der Waals surface area (Å²) in [5.74, 6) is 4.03. The normalized spacial score (nSPS) is 10.5. The summed E-state index contributed by atoms with van der Waals surface area (Å²) in [6, 6.07) is 16.6. The number of ether oxygens (including phenoxy) is 2. The third kappa shape index (κ3) is 5.85. The molecule has 2 rings (SSSR count). The molecule has 22 heavy (non-hydrogen) atoms. The van der Waals surface area contributed by atoms with Gasteiger partial charge in [0.15, 0.2) is 0 Å². The highest BCUT2D eigenvalue weighted by atomic mass is 32.2. The van der Waals surface area contributed by atoms with Crippen molar-refractivity contribution >= 4 is 23.5 Å². The summed E-state index contributed by atoms with van der Waals surface area (Å²) >= 11 is 3.72. The van der Waals surface area contributed by atoms with Gasteiger partial charge in [0.2, 0.25) is 0 Å². The van der Waals surface area contributed by atoms with Crippen molar-refractivity contribution in [1.29, 1.82) is 0 Å². The van der Waals surface area contributed by atoms with Crippen LogP contribution in [0.5, 0.6) is 11.5 Å². The van der Waals surface area contributed by atoms with E-state index in [1.165, 1.54) is 9.79 Å². The maximum atomic E-state index is 5.53. The molecular formula is C18H22O2S2. The average Bonchev–Trinajstić information content (AvgIpc) is 2.53. The highest BCUT2D eigenvalue weighted by Gasteiger charge is 2.00. The zero-order valence-corrected chi connectivity index (χ0v) is 14.7. The highest BCUT2D eigenvalue weighted by Crippen LogP contribution is 2.27. The van der Waals surface area contributed by atoms with Gasteiger partial charge in [-0.05, 0) is 50.2 Å². The van der Waals surface area contributed by atoms with Crippen molar-refractivity contribution in [3.05, 3.63) is 48.5 Å². The van der Waals surface area contributed by atoms with Gasteiger partial charge >= 0.3 is 0 Å². The fourth-order valence-electron chi connectivity index (χ4n) is 1.96. The second-order valence-electron chi connectivity index (χ2n) is 4.51. The molecule has 0 saturated carbocycles. The lowest BCUT2D eigenvalue weighted by Crippen LogP contribution is -1.92. The Hall–Kier alpha value is -1.26. The van der Waals surface area contributed by atoms with E-state index < -0.39 is 0 Å². The van der Waals surface area contributed by atoms with Crippen molar-refractivity contribution in [2.45, 2.75) is 23.6 Å². The average molecular weight is 335 g/mol. The minimum absolute atomic E-state index is 0.708. The van der Waals surface area contributed by atoms with Crippen LogP contribution in [0.3, 0.4) is 0 Å². The molecule has 0 aliphatic rings. The van der Waals surface area contributed by atoms with E-state index in [-0.39, 0.29) is 0 Å². The van der Waals surface area contributed by atoms with E-state index in [9.17, 15) is 0 Å². The Morgan fingerprint density at radius 2 is 1.18 bits per heavy atom. The molecule has 2 aromatic carbocycles. The molecule has 4 heteroatoms. The van der Waals surface area contributed by atoms with Crippen molar-refractivity contribution < 1.29 is 9.47 Å². The topological polar surface area (TPSA) is 18.5 Å². The lowest BCUT2D eigenvalue weighted by Gasteiger charge is -2.07. The first-order valence-corrected chi connectivity index (χ1v) is 9.50. The molecular weight excluding hydrogens is 312 g/mol. The van der Waals surface area contributed by atoms with Crippen LogP contribution in [0.4, 0.5) is 0 Å². The molecule has 0 heterocycles. The Morgan fingerprint density at radius 1 is 0.727 bits per heavy atom. The number of hydrogen-bond donors (Lipinski definition) is 0. The smallest absolute Gasteiger partial charge is 0.120 e. The third-order valence-corrected chi connectivity index (χ3v) is 5.10. The summed E-state index contributed by atoms with van der Waals surface area (Å²) in [6.07, 6.45) is 0. The first-order chi connectivity index (χ1) is 10.8. The molecule has 0 fully saturated rings. The second-order valence-corrected chi connectivity index (χ2v) is 6.85. The van der Waals surface area contributed by atoms with Crippen molar-refractivity contribution in [1.82, 2.24) is 0 Å². The molecule has 118 valence electrons. The quantitative estimate of drug-likeness (QED) is 0.453. The number of benzene rings is 2. The van der Waals surface area contributed by atoms with Crippen molar-refractivity contribution in [3.8, 4) is 11.5 Å². The van der Waals surface area contributed by atoms with Crippen LogP contribution in [0, 0.1) is 0 Å². The highest BCUT2D eigenvalue weighted by molar-refractivity contribution is 8.03. The van der Waals surface area contributed by atoms with E-state index in [0.717, 1.165) is 23.0 Å².